The maximum absolute atomic E-state index is 13.9. The number of benzene rings is 4. The Morgan fingerprint density at radius 3 is 1.71 bits per heavy atom. The van der Waals surface area contributed by atoms with Crippen LogP contribution in [0.3, 0.4) is 0 Å². The molecule has 0 N–H and O–H groups in total. The summed E-state index contributed by atoms with van der Waals surface area (Å²) in [5.74, 6) is -1.48. The van der Waals surface area contributed by atoms with Gasteiger partial charge in [0.1, 0.15) is 5.60 Å². The van der Waals surface area contributed by atoms with Crippen LogP contribution in [0.15, 0.2) is 120 Å². The molecular weight excluding hydrogens is 516 g/mol. The van der Waals surface area contributed by atoms with Crippen molar-refractivity contribution < 1.29 is 19.2 Å². The van der Waals surface area contributed by atoms with E-state index in [9.17, 15) is 19.7 Å². The standard InChI is InChI=1S/C34H32N2O5/c1-34(2,3)41-33(38)32(35-31(26-15-9-5-10-16-26)27-17-11-6-12-18-27)29(24-13-7-4-8-14-24)23-30(37)25-19-21-28(22-20-25)36(39)40/h4-22,29,32H,23H2,1-3H3/t29-,32+/m0/s1. The molecule has 4 aromatic rings. The van der Waals surface area contributed by atoms with E-state index in [4.69, 9.17) is 9.73 Å². The number of aliphatic imine (C=N–C) groups is 1. The van der Waals surface area contributed by atoms with Gasteiger partial charge < -0.3 is 4.74 Å². The molecule has 0 fully saturated rings. The van der Waals surface area contributed by atoms with Crippen LogP contribution < -0.4 is 0 Å². The van der Waals surface area contributed by atoms with E-state index in [0.29, 0.717) is 11.3 Å². The third-order valence-electron chi connectivity index (χ3n) is 6.43. The third-order valence-corrected chi connectivity index (χ3v) is 6.43. The molecule has 4 aromatic carbocycles. The molecule has 208 valence electrons. The normalized spacial score (nSPS) is 12.6. The number of esters is 1. The van der Waals surface area contributed by atoms with Gasteiger partial charge in [0.25, 0.3) is 5.69 Å². The second-order valence-electron chi connectivity index (χ2n) is 10.6. The summed E-state index contributed by atoms with van der Waals surface area (Å²) in [4.78, 5) is 43.1. The molecule has 7 nitrogen and oxygen atoms in total. The molecule has 0 unspecified atom stereocenters. The van der Waals surface area contributed by atoms with Crippen LogP contribution in [0.2, 0.25) is 0 Å². The van der Waals surface area contributed by atoms with Crippen LogP contribution >= 0.6 is 0 Å². The summed E-state index contributed by atoms with van der Waals surface area (Å²) in [5, 5.41) is 11.1. The van der Waals surface area contributed by atoms with Crippen molar-refractivity contribution in [2.75, 3.05) is 0 Å². The average molecular weight is 549 g/mol. The van der Waals surface area contributed by atoms with Crippen molar-refractivity contribution in [1.82, 2.24) is 0 Å². The van der Waals surface area contributed by atoms with Gasteiger partial charge in [0, 0.05) is 41.2 Å². The van der Waals surface area contributed by atoms with E-state index in [0.717, 1.165) is 16.7 Å². The van der Waals surface area contributed by atoms with E-state index < -0.39 is 28.5 Å². The van der Waals surface area contributed by atoms with Crippen molar-refractivity contribution in [3.63, 3.8) is 0 Å². The van der Waals surface area contributed by atoms with E-state index >= 15 is 0 Å². The SMILES string of the molecule is CC(C)(C)OC(=O)[C@H](N=C(c1ccccc1)c1ccccc1)[C@@H](CC(=O)c1ccc([N+](=O)[O-])cc1)c1ccccc1. The van der Waals surface area contributed by atoms with Gasteiger partial charge in [-0.15, -0.1) is 0 Å². The van der Waals surface area contributed by atoms with E-state index in [1.54, 1.807) is 20.8 Å². The van der Waals surface area contributed by atoms with Gasteiger partial charge >= 0.3 is 5.97 Å². The zero-order valence-corrected chi connectivity index (χ0v) is 23.3. The summed E-state index contributed by atoms with van der Waals surface area (Å²) in [6, 6.07) is 32.9. The Balaban J connectivity index is 1.85. The molecular formula is C34H32N2O5. The zero-order chi connectivity index (χ0) is 29.4. The van der Waals surface area contributed by atoms with Crippen molar-refractivity contribution in [1.29, 1.82) is 0 Å². The first kappa shape index (κ1) is 29.1. The number of hydrogen-bond donors (Lipinski definition) is 0. The van der Waals surface area contributed by atoms with Gasteiger partial charge in [-0.3, -0.25) is 19.9 Å². The van der Waals surface area contributed by atoms with Crippen LogP contribution in [-0.4, -0.2) is 34.0 Å². The van der Waals surface area contributed by atoms with Crippen LogP contribution in [0.5, 0.6) is 0 Å². The predicted octanol–water partition coefficient (Wildman–Crippen LogP) is 7.20. The topological polar surface area (TPSA) is 98.9 Å². The number of non-ortho nitro benzene ring substituents is 1. The molecule has 0 radical (unpaired) electrons. The van der Waals surface area contributed by atoms with Crippen molar-refractivity contribution in [3.05, 3.63) is 148 Å². The molecule has 0 saturated heterocycles. The second kappa shape index (κ2) is 13.0. The lowest BCUT2D eigenvalue weighted by Crippen LogP contribution is -2.36. The largest absolute Gasteiger partial charge is 0.458 e. The highest BCUT2D eigenvalue weighted by Gasteiger charge is 2.35. The predicted molar refractivity (Wildman–Crippen MR) is 159 cm³/mol. The number of nitro benzene ring substituents is 1. The summed E-state index contributed by atoms with van der Waals surface area (Å²) in [6.45, 7) is 5.38. The lowest BCUT2D eigenvalue weighted by molar-refractivity contribution is -0.384. The Morgan fingerprint density at radius 2 is 1.24 bits per heavy atom. The number of nitrogens with zero attached hydrogens (tertiary/aromatic N) is 2. The van der Waals surface area contributed by atoms with E-state index in [1.165, 1.54) is 24.3 Å². The molecule has 41 heavy (non-hydrogen) atoms. The molecule has 0 spiro atoms. The number of nitro groups is 1. The highest BCUT2D eigenvalue weighted by molar-refractivity contribution is 6.13. The second-order valence-corrected chi connectivity index (χ2v) is 10.6. The van der Waals surface area contributed by atoms with E-state index in [2.05, 4.69) is 0 Å². The third kappa shape index (κ3) is 7.82. The minimum Gasteiger partial charge on any atom is -0.458 e. The Bertz CT molecular complexity index is 1470. The summed E-state index contributed by atoms with van der Waals surface area (Å²) in [7, 11) is 0. The summed E-state index contributed by atoms with van der Waals surface area (Å²) >= 11 is 0. The van der Waals surface area contributed by atoms with E-state index in [-0.39, 0.29) is 17.9 Å². The molecule has 0 bridgehead atoms. The molecule has 0 saturated carbocycles. The fourth-order valence-electron chi connectivity index (χ4n) is 4.51. The Labute approximate surface area is 239 Å². The average Bonchev–Trinajstić information content (AvgIpc) is 2.97. The minimum absolute atomic E-state index is 0.0634. The number of ether oxygens (including phenoxy) is 1. The summed E-state index contributed by atoms with van der Waals surface area (Å²) in [6.07, 6.45) is -0.0634. The van der Waals surface area contributed by atoms with Crippen LogP contribution in [0.25, 0.3) is 0 Å². The highest BCUT2D eigenvalue weighted by Crippen LogP contribution is 2.31. The van der Waals surface area contributed by atoms with Crippen molar-refractivity contribution in [2.24, 2.45) is 4.99 Å². The van der Waals surface area contributed by atoms with Crippen molar-refractivity contribution in [2.45, 2.75) is 44.8 Å². The molecule has 0 amide bonds. The van der Waals surface area contributed by atoms with Gasteiger partial charge in [-0.1, -0.05) is 91.0 Å². The van der Waals surface area contributed by atoms with Crippen LogP contribution in [0.4, 0.5) is 5.69 Å². The van der Waals surface area contributed by atoms with E-state index in [1.807, 2.05) is 91.0 Å². The highest BCUT2D eigenvalue weighted by atomic mass is 16.6. The Hall–Kier alpha value is -4.91. The molecule has 7 heteroatoms. The summed E-state index contributed by atoms with van der Waals surface area (Å²) in [5.41, 5.74) is 2.42. The number of Topliss-reactive ketones (excluding diaryl/α,β-unsaturated/α-hetero) is 1. The lowest BCUT2D eigenvalue weighted by atomic mass is 9.85. The van der Waals surface area contributed by atoms with Crippen LogP contribution in [0, 0.1) is 10.1 Å². The molecule has 2 atom stereocenters. The first-order valence-electron chi connectivity index (χ1n) is 13.4. The van der Waals surface area contributed by atoms with Crippen LogP contribution in [0.1, 0.15) is 60.2 Å². The van der Waals surface area contributed by atoms with Gasteiger partial charge in [0.2, 0.25) is 0 Å². The van der Waals surface area contributed by atoms with Gasteiger partial charge in [0.15, 0.2) is 11.8 Å². The first-order valence-corrected chi connectivity index (χ1v) is 13.4. The summed E-state index contributed by atoms with van der Waals surface area (Å²) < 4.78 is 5.87. The Morgan fingerprint density at radius 1 is 0.756 bits per heavy atom. The molecule has 0 aromatic heterocycles. The quantitative estimate of drug-likeness (QED) is 0.0686. The van der Waals surface area contributed by atoms with Gasteiger partial charge in [-0.2, -0.15) is 0 Å². The first-order chi connectivity index (χ1) is 19.6. The molecule has 0 aliphatic heterocycles. The molecule has 0 heterocycles. The lowest BCUT2D eigenvalue weighted by Gasteiger charge is -2.28. The van der Waals surface area contributed by atoms with Gasteiger partial charge in [0.05, 0.1) is 10.6 Å². The fourth-order valence-corrected chi connectivity index (χ4v) is 4.51. The van der Waals surface area contributed by atoms with Crippen molar-refractivity contribution in [3.8, 4) is 0 Å². The van der Waals surface area contributed by atoms with Gasteiger partial charge in [-0.05, 0) is 38.5 Å². The number of ketones is 1. The maximum atomic E-state index is 13.9. The maximum Gasteiger partial charge on any atom is 0.332 e. The number of rotatable bonds is 10. The molecule has 0 aliphatic carbocycles. The number of carbonyl (C=O) groups is 2. The number of hydrogen-bond acceptors (Lipinski definition) is 6. The Kier molecular flexibility index (Phi) is 9.19. The monoisotopic (exact) mass is 548 g/mol. The molecule has 4 rings (SSSR count). The molecule has 0 aliphatic rings. The van der Waals surface area contributed by atoms with Crippen LogP contribution in [-0.2, 0) is 9.53 Å². The fraction of sp³-hybridized carbons (Fsp3) is 0.206. The van der Waals surface area contributed by atoms with Crippen molar-refractivity contribution >= 4 is 23.2 Å². The van der Waals surface area contributed by atoms with Gasteiger partial charge in [-0.25, -0.2) is 4.79 Å². The minimum atomic E-state index is -1.06. The zero-order valence-electron chi connectivity index (χ0n) is 23.3. The number of carbonyl (C=O) groups excluding carboxylic acids is 2. The smallest absolute Gasteiger partial charge is 0.332 e.